The lowest BCUT2D eigenvalue weighted by atomic mass is 10.0. The van der Waals surface area contributed by atoms with Gasteiger partial charge in [-0.25, -0.2) is 0 Å². The van der Waals surface area contributed by atoms with E-state index in [9.17, 15) is 4.79 Å². The number of halogens is 1. The Hall–Kier alpha value is -2.24. The van der Waals surface area contributed by atoms with Crippen molar-refractivity contribution >= 4 is 17.6 Å². The standard InChI is InChI=1S/C23H30ClNO4/c1-5-28-21-13-22(29-15-18-9-6-8-16(2)17(18)3)20(24)12-19(21)14-25(4)11-7-10-23(26)27/h6,8-9,12-13H,5,7,10-11,14-15H2,1-4H3,(H,26,27). The molecule has 0 atom stereocenters. The van der Waals surface area contributed by atoms with E-state index in [1.54, 1.807) is 0 Å². The minimum atomic E-state index is -0.776. The molecule has 0 saturated carbocycles. The summed E-state index contributed by atoms with van der Waals surface area (Å²) in [5.41, 5.74) is 4.52. The third-order valence-electron chi connectivity index (χ3n) is 4.89. The van der Waals surface area contributed by atoms with Gasteiger partial charge < -0.3 is 19.5 Å². The van der Waals surface area contributed by atoms with Gasteiger partial charge in [-0.1, -0.05) is 29.8 Å². The topological polar surface area (TPSA) is 59.0 Å². The number of aryl methyl sites for hydroxylation is 1. The van der Waals surface area contributed by atoms with Gasteiger partial charge in [0.05, 0.1) is 11.6 Å². The first kappa shape index (κ1) is 23.0. The van der Waals surface area contributed by atoms with E-state index < -0.39 is 5.97 Å². The molecule has 0 amide bonds. The Balaban J connectivity index is 2.11. The number of hydrogen-bond acceptors (Lipinski definition) is 4. The second-order valence-electron chi connectivity index (χ2n) is 7.21. The Kier molecular flexibility index (Phi) is 8.80. The van der Waals surface area contributed by atoms with Crippen LogP contribution in [0, 0.1) is 13.8 Å². The molecular weight excluding hydrogens is 390 g/mol. The number of aliphatic carboxylic acids is 1. The van der Waals surface area contributed by atoms with Crippen molar-refractivity contribution in [3.05, 3.63) is 57.6 Å². The van der Waals surface area contributed by atoms with Crippen molar-refractivity contribution in [1.29, 1.82) is 0 Å². The molecule has 0 aliphatic heterocycles. The summed E-state index contributed by atoms with van der Waals surface area (Å²) < 4.78 is 11.8. The smallest absolute Gasteiger partial charge is 0.303 e. The second kappa shape index (κ2) is 11.1. The zero-order chi connectivity index (χ0) is 21.4. The van der Waals surface area contributed by atoms with E-state index in [0.717, 1.165) is 16.9 Å². The average molecular weight is 420 g/mol. The number of carboxylic acid groups (broad SMARTS) is 1. The normalized spacial score (nSPS) is 11.0. The summed E-state index contributed by atoms with van der Waals surface area (Å²) in [7, 11) is 1.95. The Morgan fingerprint density at radius 1 is 1.14 bits per heavy atom. The molecule has 0 spiro atoms. The predicted molar refractivity (Wildman–Crippen MR) is 116 cm³/mol. The first-order valence-electron chi connectivity index (χ1n) is 9.85. The summed E-state index contributed by atoms with van der Waals surface area (Å²) >= 11 is 6.49. The molecule has 0 radical (unpaired) electrons. The molecule has 0 aliphatic carbocycles. The van der Waals surface area contributed by atoms with E-state index in [2.05, 4.69) is 30.9 Å². The third-order valence-corrected chi connectivity index (χ3v) is 5.18. The van der Waals surface area contributed by atoms with Crippen LogP contribution in [0.25, 0.3) is 0 Å². The highest BCUT2D eigenvalue weighted by Gasteiger charge is 2.14. The highest BCUT2D eigenvalue weighted by atomic mass is 35.5. The number of carbonyl (C=O) groups is 1. The molecule has 1 N–H and O–H groups in total. The van der Waals surface area contributed by atoms with Crippen LogP contribution in [-0.4, -0.2) is 36.2 Å². The fraction of sp³-hybridized carbons (Fsp3) is 0.435. The summed E-state index contributed by atoms with van der Waals surface area (Å²) in [4.78, 5) is 12.8. The monoisotopic (exact) mass is 419 g/mol. The van der Waals surface area contributed by atoms with Gasteiger partial charge in [0.15, 0.2) is 0 Å². The van der Waals surface area contributed by atoms with Gasteiger partial charge in [0.25, 0.3) is 0 Å². The van der Waals surface area contributed by atoms with Crippen LogP contribution in [0.5, 0.6) is 11.5 Å². The van der Waals surface area contributed by atoms with E-state index in [4.69, 9.17) is 26.2 Å². The molecule has 0 fully saturated rings. The lowest BCUT2D eigenvalue weighted by molar-refractivity contribution is -0.137. The van der Waals surface area contributed by atoms with Gasteiger partial charge >= 0.3 is 5.97 Å². The van der Waals surface area contributed by atoms with Crippen LogP contribution in [-0.2, 0) is 17.9 Å². The van der Waals surface area contributed by atoms with Crippen molar-refractivity contribution in [2.24, 2.45) is 0 Å². The SMILES string of the molecule is CCOc1cc(OCc2cccc(C)c2C)c(Cl)cc1CN(C)CCCC(=O)O. The number of carboxylic acids is 1. The molecule has 0 aromatic heterocycles. The van der Waals surface area contributed by atoms with Gasteiger partial charge in [-0.05, 0) is 63.5 Å². The molecule has 0 heterocycles. The fourth-order valence-corrected chi connectivity index (χ4v) is 3.33. The van der Waals surface area contributed by atoms with E-state index in [1.165, 1.54) is 11.1 Å². The zero-order valence-corrected chi connectivity index (χ0v) is 18.4. The maximum atomic E-state index is 10.7. The minimum absolute atomic E-state index is 0.161. The Morgan fingerprint density at radius 2 is 1.90 bits per heavy atom. The summed E-state index contributed by atoms with van der Waals surface area (Å²) in [6, 6.07) is 9.88. The van der Waals surface area contributed by atoms with Crippen LogP contribution in [0.3, 0.4) is 0 Å². The molecule has 29 heavy (non-hydrogen) atoms. The molecule has 2 rings (SSSR count). The molecule has 0 aliphatic rings. The number of rotatable bonds is 11. The van der Waals surface area contributed by atoms with Gasteiger partial charge in [-0.15, -0.1) is 0 Å². The van der Waals surface area contributed by atoms with Crippen molar-refractivity contribution in [3.63, 3.8) is 0 Å². The molecule has 2 aromatic carbocycles. The van der Waals surface area contributed by atoms with Gasteiger partial charge in [0.1, 0.15) is 18.1 Å². The van der Waals surface area contributed by atoms with E-state index >= 15 is 0 Å². The maximum absolute atomic E-state index is 10.7. The molecule has 0 saturated heterocycles. The maximum Gasteiger partial charge on any atom is 0.303 e. The first-order chi connectivity index (χ1) is 13.8. The summed E-state index contributed by atoms with van der Waals surface area (Å²) in [6.45, 7) is 8.38. The summed E-state index contributed by atoms with van der Waals surface area (Å²) in [5, 5.41) is 9.33. The quantitative estimate of drug-likeness (QED) is 0.540. The number of nitrogens with zero attached hydrogens (tertiary/aromatic N) is 1. The Labute approximate surface area is 178 Å². The van der Waals surface area contributed by atoms with Crippen LogP contribution in [0.1, 0.15) is 42.0 Å². The van der Waals surface area contributed by atoms with Crippen LogP contribution in [0.4, 0.5) is 0 Å². The van der Waals surface area contributed by atoms with Gasteiger partial charge in [0.2, 0.25) is 0 Å². The molecular formula is C23H30ClNO4. The number of benzene rings is 2. The lowest BCUT2D eigenvalue weighted by Gasteiger charge is -2.20. The van der Waals surface area contributed by atoms with Crippen molar-refractivity contribution in [1.82, 2.24) is 4.90 Å². The average Bonchev–Trinajstić information content (AvgIpc) is 2.65. The molecule has 2 aromatic rings. The lowest BCUT2D eigenvalue weighted by Crippen LogP contribution is -2.20. The zero-order valence-electron chi connectivity index (χ0n) is 17.6. The first-order valence-corrected chi connectivity index (χ1v) is 10.2. The highest BCUT2D eigenvalue weighted by molar-refractivity contribution is 6.32. The molecule has 6 heteroatoms. The van der Waals surface area contributed by atoms with E-state index in [1.807, 2.05) is 32.2 Å². The predicted octanol–water partition coefficient (Wildman–Crippen LogP) is 5.23. The highest BCUT2D eigenvalue weighted by Crippen LogP contribution is 2.34. The molecule has 0 bridgehead atoms. The van der Waals surface area contributed by atoms with Crippen molar-refractivity contribution in [2.75, 3.05) is 20.2 Å². The van der Waals surface area contributed by atoms with Crippen LogP contribution in [0.2, 0.25) is 5.02 Å². The summed E-state index contributed by atoms with van der Waals surface area (Å²) in [6.07, 6.45) is 0.759. The van der Waals surface area contributed by atoms with Crippen LogP contribution in [0.15, 0.2) is 30.3 Å². The molecule has 0 unspecified atom stereocenters. The van der Waals surface area contributed by atoms with Gasteiger partial charge in [-0.2, -0.15) is 0 Å². The van der Waals surface area contributed by atoms with Crippen molar-refractivity contribution in [2.45, 2.75) is 46.8 Å². The van der Waals surface area contributed by atoms with E-state index in [0.29, 0.717) is 43.5 Å². The Bertz CT molecular complexity index is 838. The fourth-order valence-electron chi connectivity index (χ4n) is 3.09. The second-order valence-corrected chi connectivity index (χ2v) is 7.61. The van der Waals surface area contributed by atoms with Crippen molar-refractivity contribution in [3.8, 4) is 11.5 Å². The van der Waals surface area contributed by atoms with Gasteiger partial charge in [-0.3, -0.25) is 4.79 Å². The number of ether oxygens (including phenoxy) is 2. The molecule has 5 nitrogen and oxygen atoms in total. The minimum Gasteiger partial charge on any atom is -0.493 e. The number of hydrogen-bond donors (Lipinski definition) is 1. The van der Waals surface area contributed by atoms with Crippen molar-refractivity contribution < 1.29 is 19.4 Å². The third kappa shape index (κ3) is 6.94. The van der Waals surface area contributed by atoms with Gasteiger partial charge in [0, 0.05) is 24.6 Å². The summed E-state index contributed by atoms with van der Waals surface area (Å²) in [5.74, 6) is 0.549. The largest absolute Gasteiger partial charge is 0.493 e. The van der Waals surface area contributed by atoms with Crippen LogP contribution >= 0.6 is 11.6 Å². The van der Waals surface area contributed by atoms with Crippen LogP contribution < -0.4 is 9.47 Å². The Morgan fingerprint density at radius 3 is 2.59 bits per heavy atom. The van der Waals surface area contributed by atoms with E-state index in [-0.39, 0.29) is 6.42 Å². The molecule has 158 valence electrons.